The molecule has 0 heterocycles. The fourth-order valence-corrected chi connectivity index (χ4v) is 1.78. The number of carbonyl (C=O) groups is 1. The molecule has 0 aliphatic heterocycles. The summed E-state index contributed by atoms with van der Waals surface area (Å²) in [6.45, 7) is 1.86. The Kier molecular flexibility index (Phi) is 4.33. The molecule has 0 radical (unpaired) electrons. The molecule has 0 spiro atoms. The third-order valence-corrected chi connectivity index (χ3v) is 2.68. The van der Waals surface area contributed by atoms with E-state index in [0.717, 1.165) is 16.7 Å². The maximum atomic E-state index is 11.2. The van der Waals surface area contributed by atoms with Crippen molar-refractivity contribution in [3.63, 3.8) is 0 Å². The van der Waals surface area contributed by atoms with Crippen LogP contribution in [0.3, 0.4) is 0 Å². The SMILES string of the molecule is COC(=O)Cc1c(C)cc(C#N)cc1CCl. The van der Waals surface area contributed by atoms with Crippen molar-refractivity contribution < 1.29 is 9.53 Å². The molecular formula is C12H12ClNO2. The van der Waals surface area contributed by atoms with Gasteiger partial charge >= 0.3 is 5.97 Å². The van der Waals surface area contributed by atoms with Crippen molar-refractivity contribution in [3.8, 4) is 6.07 Å². The zero-order valence-electron chi connectivity index (χ0n) is 9.21. The molecule has 0 N–H and O–H groups in total. The van der Waals surface area contributed by atoms with E-state index in [1.165, 1.54) is 7.11 Å². The van der Waals surface area contributed by atoms with Gasteiger partial charge in [-0.3, -0.25) is 4.79 Å². The molecule has 1 aromatic rings. The minimum Gasteiger partial charge on any atom is -0.469 e. The summed E-state index contributed by atoms with van der Waals surface area (Å²) in [6, 6.07) is 5.51. The van der Waals surface area contributed by atoms with E-state index in [9.17, 15) is 4.79 Å². The van der Waals surface area contributed by atoms with E-state index in [1.807, 2.05) is 6.92 Å². The van der Waals surface area contributed by atoms with E-state index in [-0.39, 0.29) is 18.3 Å². The number of methoxy groups -OCH3 is 1. The van der Waals surface area contributed by atoms with Gasteiger partial charge in [-0.05, 0) is 35.7 Å². The van der Waals surface area contributed by atoms with Crippen molar-refractivity contribution in [2.24, 2.45) is 0 Å². The molecule has 1 aromatic carbocycles. The van der Waals surface area contributed by atoms with Crippen LogP contribution in [0.15, 0.2) is 12.1 Å². The zero-order chi connectivity index (χ0) is 12.1. The predicted octanol–water partition coefficient (Wildman–Crippen LogP) is 2.32. The number of carbonyl (C=O) groups excluding carboxylic acids is 1. The van der Waals surface area contributed by atoms with Gasteiger partial charge in [-0.25, -0.2) is 0 Å². The van der Waals surface area contributed by atoms with Crippen LogP contribution < -0.4 is 0 Å². The second-order valence-electron chi connectivity index (χ2n) is 3.43. The molecule has 0 saturated carbocycles. The summed E-state index contributed by atoms with van der Waals surface area (Å²) in [6.07, 6.45) is 0.191. The van der Waals surface area contributed by atoms with Gasteiger partial charge in [0.1, 0.15) is 0 Å². The summed E-state index contributed by atoms with van der Waals surface area (Å²) in [4.78, 5) is 11.2. The van der Waals surface area contributed by atoms with Gasteiger partial charge in [-0.1, -0.05) is 0 Å². The van der Waals surface area contributed by atoms with Crippen LogP contribution >= 0.6 is 11.6 Å². The van der Waals surface area contributed by atoms with E-state index in [4.69, 9.17) is 16.9 Å². The maximum absolute atomic E-state index is 11.2. The first-order chi connectivity index (χ1) is 7.62. The standard InChI is InChI=1S/C12H12ClNO2/c1-8-3-9(7-14)4-10(6-13)11(8)5-12(15)16-2/h3-4H,5-6H2,1-2H3. The third-order valence-electron chi connectivity index (χ3n) is 2.39. The van der Waals surface area contributed by atoms with Gasteiger partial charge in [-0.15, -0.1) is 11.6 Å². The van der Waals surface area contributed by atoms with Gasteiger partial charge in [0.2, 0.25) is 0 Å². The number of hydrogen-bond donors (Lipinski definition) is 0. The van der Waals surface area contributed by atoms with E-state index in [1.54, 1.807) is 12.1 Å². The number of ether oxygens (including phenoxy) is 1. The van der Waals surface area contributed by atoms with Gasteiger partial charge < -0.3 is 4.74 Å². The summed E-state index contributed by atoms with van der Waals surface area (Å²) in [5.41, 5.74) is 3.10. The smallest absolute Gasteiger partial charge is 0.309 e. The normalized spacial score (nSPS) is 9.62. The molecule has 84 valence electrons. The number of benzene rings is 1. The van der Waals surface area contributed by atoms with Crippen molar-refractivity contribution >= 4 is 17.6 Å². The zero-order valence-corrected chi connectivity index (χ0v) is 9.97. The van der Waals surface area contributed by atoms with E-state index >= 15 is 0 Å². The molecule has 16 heavy (non-hydrogen) atoms. The minimum atomic E-state index is -0.306. The van der Waals surface area contributed by atoms with E-state index in [2.05, 4.69) is 10.8 Å². The van der Waals surface area contributed by atoms with Gasteiger partial charge in [0.05, 0.1) is 25.2 Å². The van der Waals surface area contributed by atoms with E-state index in [0.29, 0.717) is 5.56 Å². The highest BCUT2D eigenvalue weighted by molar-refractivity contribution is 6.17. The molecule has 0 aromatic heterocycles. The first kappa shape index (κ1) is 12.5. The summed E-state index contributed by atoms with van der Waals surface area (Å²) in [5.74, 6) is -0.0259. The average Bonchev–Trinajstić information content (AvgIpc) is 2.30. The summed E-state index contributed by atoms with van der Waals surface area (Å²) in [5, 5.41) is 8.82. The lowest BCUT2D eigenvalue weighted by atomic mass is 9.97. The van der Waals surface area contributed by atoms with Crippen molar-refractivity contribution in [3.05, 3.63) is 34.4 Å². The Bertz CT molecular complexity index is 449. The Morgan fingerprint density at radius 2 is 2.25 bits per heavy atom. The van der Waals surface area contributed by atoms with Crippen LogP contribution in [0.1, 0.15) is 22.3 Å². The number of aryl methyl sites for hydroxylation is 1. The predicted molar refractivity (Wildman–Crippen MR) is 61.2 cm³/mol. The molecule has 0 amide bonds. The highest BCUT2D eigenvalue weighted by Crippen LogP contribution is 2.20. The quantitative estimate of drug-likeness (QED) is 0.599. The topological polar surface area (TPSA) is 50.1 Å². The lowest BCUT2D eigenvalue weighted by molar-refractivity contribution is -0.139. The molecule has 0 aliphatic carbocycles. The first-order valence-electron chi connectivity index (χ1n) is 4.77. The summed E-state index contributed by atoms with van der Waals surface area (Å²) < 4.78 is 4.62. The molecule has 1 rings (SSSR count). The second kappa shape index (κ2) is 5.53. The summed E-state index contributed by atoms with van der Waals surface area (Å²) in [7, 11) is 1.35. The van der Waals surface area contributed by atoms with Crippen LogP contribution in [0.2, 0.25) is 0 Å². The van der Waals surface area contributed by atoms with Crippen molar-refractivity contribution in [1.29, 1.82) is 5.26 Å². The lowest BCUT2D eigenvalue weighted by Gasteiger charge is -2.10. The lowest BCUT2D eigenvalue weighted by Crippen LogP contribution is -2.08. The highest BCUT2D eigenvalue weighted by Gasteiger charge is 2.12. The molecule has 0 bridgehead atoms. The van der Waals surface area contributed by atoms with Crippen molar-refractivity contribution in [1.82, 2.24) is 0 Å². The number of esters is 1. The number of halogens is 1. The van der Waals surface area contributed by atoms with E-state index < -0.39 is 0 Å². The van der Waals surface area contributed by atoms with Crippen molar-refractivity contribution in [2.75, 3.05) is 7.11 Å². The number of hydrogen-bond acceptors (Lipinski definition) is 3. The van der Waals surface area contributed by atoms with Crippen LogP contribution in [-0.4, -0.2) is 13.1 Å². The Morgan fingerprint density at radius 3 is 2.75 bits per heavy atom. The number of nitrogens with zero attached hydrogens (tertiary/aromatic N) is 1. The third kappa shape index (κ3) is 2.74. The molecule has 3 nitrogen and oxygen atoms in total. The molecule has 4 heteroatoms. The van der Waals surface area contributed by atoms with Gasteiger partial charge in [0, 0.05) is 5.88 Å². The fraction of sp³-hybridized carbons (Fsp3) is 0.333. The molecule has 0 unspecified atom stereocenters. The summed E-state index contributed by atoms with van der Waals surface area (Å²) >= 11 is 5.80. The Morgan fingerprint density at radius 1 is 1.56 bits per heavy atom. The van der Waals surface area contributed by atoms with Crippen LogP contribution in [0.25, 0.3) is 0 Å². The van der Waals surface area contributed by atoms with Crippen LogP contribution in [0.4, 0.5) is 0 Å². The number of alkyl halides is 1. The molecule has 0 aliphatic rings. The van der Waals surface area contributed by atoms with Crippen LogP contribution in [0.5, 0.6) is 0 Å². The Labute approximate surface area is 99.6 Å². The van der Waals surface area contributed by atoms with Crippen LogP contribution in [-0.2, 0) is 21.8 Å². The fourth-order valence-electron chi connectivity index (χ4n) is 1.54. The molecule has 0 saturated heterocycles. The molecular weight excluding hydrogens is 226 g/mol. The van der Waals surface area contributed by atoms with Gasteiger partial charge in [0.25, 0.3) is 0 Å². The average molecular weight is 238 g/mol. The maximum Gasteiger partial charge on any atom is 0.309 e. The number of nitriles is 1. The van der Waals surface area contributed by atoms with Crippen LogP contribution in [0, 0.1) is 18.3 Å². The Balaban J connectivity index is 3.17. The highest BCUT2D eigenvalue weighted by atomic mass is 35.5. The minimum absolute atomic E-state index is 0.191. The largest absolute Gasteiger partial charge is 0.469 e. The molecule has 0 atom stereocenters. The van der Waals surface area contributed by atoms with Gasteiger partial charge in [-0.2, -0.15) is 5.26 Å². The first-order valence-corrected chi connectivity index (χ1v) is 5.31. The Hall–Kier alpha value is -1.53. The number of rotatable bonds is 3. The van der Waals surface area contributed by atoms with Gasteiger partial charge in [0.15, 0.2) is 0 Å². The molecule has 0 fully saturated rings. The van der Waals surface area contributed by atoms with Crippen molar-refractivity contribution in [2.45, 2.75) is 19.2 Å². The monoisotopic (exact) mass is 237 g/mol. The second-order valence-corrected chi connectivity index (χ2v) is 3.70.